The van der Waals surface area contributed by atoms with Crippen LogP contribution in [-0.4, -0.2) is 15.8 Å². The number of fused-ring (bicyclic) bond motifs is 1. The number of carbonyl (C=O) groups excluding carboxylic acids is 1. The van der Waals surface area contributed by atoms with Gasteiger partial charge in [-0.2, -0.15) is 0 Å². The van der Waals surface area contributed by atoms with E-state index in [1.165, 1.54) is 0 Å². The van der Waals surface area contributed by atoms with Gasteiger partial charge < -0.3 is 10.7 Å². The van der Waals surface area contributed by atoms with Crippen molar-refractivity contribution < 1.29 is 4.79 Å². The maximum absolute atomic E-state index is 12.6. The number of benzene rings is 1. The third-order valence-electron chi connectivity index (χ3n) is 3.28. The van der Waals surface area contributed by atoms with E-state index < -0.39 is 0 Å². The first kappa shape index (κ1) is 12.9. The number of carbonyl (C=O) groups is 1. The van der Waals surface area contributed by atoms with Crippen molar-refractivity contribution in [1.82, 2.24) is 9.97 Å². The Morgan fingerprint density at radius 3 is 2.90 bits per heavy atom. The van der Waals surface area contributed by atoms with E-state index in [0.29, 0.717) is 22.5 Å². The Hall–Kier alpha value is -2.14. The number of pyridine rings is 1. The van der Waals surface area contributed by atoms with E-state index in [-0.39, 0.29) is 5.78 Å². The van der Waals surface area contributed by atoms with Gasteiger partial charge in [0.2, 0.25) is 0 Å². The second-order valence-electron chi connectivity index (χ2n) is 4.65. The summed E-state index contributed by atoms with van der Waals surface area (Å²) in [5, 5.41) is 0.795. The van der Waals surface area contributed by atoms with Gasteiger partial charge in [-0.3, -0.25) is 4.79 Å². The number of nitrogen functional groups attached to an aromatic ring is 1. The Bertz CT molecular complexity index is 823. The van der Waals surface area contributed by atoms with Gasteiger partial charge in [-0.25, -0.2) is 4.98 Å². The molecule has 1 aromatic carbocycles. The summed E-state index contributed by atoms with van der Waals surface area (Å²) >= 11 is 3.37. The molecule has 100 valence electrons. The van der Waals surface area contributed by atoms with Gasteiger partial charge in [-0.1, -0.05) is 12.1 Å². The molecule has 0 aliphatic carbocycles. The van der Waals surface area contributed by atoms with Crippen molar-refractivity contribution in [2.24, 2.45) is 0 Å². The lowest BCUT2D eigenvalue weighted by Crippen LogP contribution is -2.02. The Kier molecular flexibility index (Phi) is 3.06. The standard InChI is InChI=1S/C15H12BrN3O/c1-8-2-3-9(4-13(8)17)14(20)12-7-19-15-11(12)5-10(16)6-18-15/h2-7H,17H2,1H3,(H,18,19). The second-order valence-corrected chi connectivity index (χ2v) is 5.57. The molecular weight excluding hydrogens is 318 g/mol. The average molecular weight is 330 g/mol. The van der Waals surface area contributed by atoms with E-state index in [1.54, 1.807) is 24.5 Å². The minimum absolute atomic E-state index is 0.0668. The highest BCUT2D eigenvalue weighted by Gasteiger charge is 2.15. The smallest absolute Gasteiger partial charge is 0.195 e. The number of nitrogens with zero attached hydrogens (tertiary/aromatic N) is 1. The van der Waals surface area contributed by atoms with Crippen molar-refractivity contribution in [2.45, 2.75) is 6.92 Å². The quantitative estimate of drug-likeness (QED) is 0.558. The molecule has 20 heavy (non-hydrogen) atoms. The van der Waals surface area contributed by atoms with Crippen molar-refractivity contribution in [3.8, 4) is 0 Å². The molecule has 0 amide bonds. The number of anilines is 1. The van der Waals surface area contributed by atoms with Crippen LogP contribution in [0.2, 0.25) is 0 Å². The van der Waals surface area contributed by atoms with Crippen LogP contribution in [0.5, 0.6) is 0 Å². The Morgan fingerprint density at radius 1 is 1.35 bits per heavy atom. The minimum atomic E-state index is -0.0668. The molecule has 0 saturated heterocycles. The third-order valence-corrected chi connectivity index (χ3v) is 3.72. The molecule has 0 aliphatic heterocycles. The maximum atomic E-state index is 12.6. The summed E-state index contributed by atoms with van der Waals surface area (Å²) in [5.41, 5.74) is 9.32. The van der Waals surface area contributed by atoms with E-state index in [9.17, 15) is 4.79 Å². The van der Waals surface area contributed by atoms with Crippen molar-refractivity contribution in [3.63, 3.8) is 0 Å². The normalized spacial score (nSPS) is 10.9. The first-order valence-corrected chi connectivity index (χ1v) is 6.89. The monoisotopic (exact) mass is 329 g/mol. The van der Waals surface area contributed by atoms with Gasteiger partial charge in [0.15, 0.2) is 5.78 Å². The van der Waals surface area contributed by atoms with E-state index in [1.807, 2.05) is 19.1 Å². The lowest BCUT2D eigenvalue weighted by atomic mass is 10.0. The van der Waals surface area contributed by atoms with E-state index >= 15 is 0 Å². The van der Waals surface area contributed by atoms with E-state index in [4.69, 9.17) is 5.73 Å². The van der Waals surface area contributed by atoms with Crippen molar-refractivity contribution in [3.05, 3.63) is 57.8 Å². The number of hydrogen-bond donors (Lipinski definition) is 2. The Balaban J connectivity index is 2.12. The number of hydrogen-bond acceptors (Lipinski definition) is 3. The van der Waals surface area contributed by atoms with Crippen LogP contribution in [0.4, 0.5) is 5.69 Å². The number of halogens is 1. The number of nitrogens with one attached hydrogen (secondary N) is 1. The third kappa shape index (κ3) is 2.10. The number of aryl methyl sites for hydroxylation is 1. The summed E-state index contributed by atoms with van der Waals surface area (Å²) in [5.74, 6) is -0.0668. The van der Waals surface area contributed by atoms with Gasteiger partial charge in [0.05, 0.1) is 0 Å². The lowest BCUT2D eigenvalue weighted by Gasteiger charge is -2.04. The molecule has 0 saturated carbocycles. The second kappa shape index (κ2) is 4.76. The van der Waals surface area contributed by atoms with Gasteiger partial charge >= 0.3 is 0 Å². The van der Waals surface area contributed by atoms with Crippen molar-refractivity contribution in [2.75, 3.05) is 5.73 Å². The van der Waals surface area contributed by atoms with Gasteiger partial charge in [-0.15, -0.1) is 0 Å². The number of aromatic amines is 1. The molecule has 0 unspecified atom stereocenters. The highest BCUT2D eigenvalue weighted by Crippen LogP contribution is 2.24. The zero-order valence-corrected chi connectivity index (χ0v) is 12.4. The zero-order chi connectivity index (χ0) is 14.3. The summed E-state index contributed by atoms with van der Waals surface area (Å²) in [7, 11) is 0. The summed E-state index contributed by atoms with van der Waals surface area (Å²) in [6.07, 6.45) is 3.37. The molecule has 0 fully saturated rings. The Labute approximate surface area is 124 Å². The molecule has 3 rings (SSSR count). The largest absolute Gasteiger partial charge is 0.398 e. The highest BCUT2D eigenvalue weighted by atomic mass is 79.9. The predicted octanol–water partition coefficient (Wildman–Crippen LogP) is 3.45. The summed E-state index contributed by atoms with van der Waals surface area (Å²) in [4.78, 5) is 19.8. The van der Waals surface area contributed by atoms with E-state index in [0.717, 1.165) is 15.4 Å². The number of aromatic nitrogens is 2. The highest BCUT2D eigenvalue weighted by molar-refractivity contribution is 9.10. The van der Waals surface area contributed by atoms with Crippen LogP contribution in [0.25, 0.3) is 11.0 Å². The first-order chi connectivity index (χ1) is 9.56. The van der Waals surface area contributed by atoms with Gasteiger partial charge in [0.1, 0.15) is 5.65 Å². The molecule has 4 nitrogen and oxygen atoms in total. The van der Waals surface area contributed by atoms with Crippen LogP contribution in [0.1, 0.15) is 21.5 Å². The summed E-state index contributed by atoms with van der Waals surface area (Å²) < 4.78 is 0.835. The molecule has 3 aromatic rings. The topological polar surface area (TPSA) is 71.8 Å². The van der Waals surface area contributed by atoms with Crippen molar-refractivity contribution in [1.29, 1.82) is 0 Å². The van der Waals surface area contributed by atoms with Gasteiger partial charge in [0, 0.05) is 39.1 Å². The van der Waals surface area contributed by atoms with Crippen LogP contribution in [-0.2, 0) is 0 Å². The molecule has 2 heterocycles. The lowest BCUT2D eigenvalue weighted by molar-refractivity contribution is 0.104. The summed E-state index contributed by atoms with van der Waals surface area (Å²) in [6, 6.07) is 7.23. The van der Waals surface area contributed by atoms with Crippen LogP contribution in [0.15, 0.2) is 41.1 Å². The number of rotatable bonds is 2. The molecule has 0 atom stereocenters. The predicted molar refractivity (Wildman–Crippen MR) is 82.8 cm³/mol. The number of nitrogens with two attached hydrogens (primary N) is 1. The molecule has 5 heteroatoms. The molecule has 0 bridgehead atoms. The fourth-order valence-corrected chi connectivity index (χ4v) is 2.43. The van der Waals surface area contributed by atoms with Crippen LogP contribution in [0.3, 0.4) is 0 Å². The van der Waals surface area contributed by atoms with Crippen LogP contribution >= 0.6 is 15.9 Å². The minimum Gasteiger partial charge on any atom is -0.398 e. The van der Waals surface area contributed by atoms with Crippen LogP contribution < -0.4 is 5.73 Å². The molecular formula is C15H12BrN3O. The molecule has 0 spiro atoms. The molecule has 2 aromatic heterocycles. The SMILES string of the molecule is Cc1ccc(C(=O)c2c[nH]c3ncc(Br)cc23)cc1N. The van der Waals surface area contributed by atoms with Gasteiger partial charge in [-0.05, 0) is 40.5 Å². The van der Waals surface area contributed by atoms with Gasteiger partial charge in [0.25, 0.3) is 0 Å². The maximum Gasteiger partial charge on any atom is 0.195 e. The molecule has 0 radical (unpaired) electrons. The van der Waals surface area contributed by atoms with Crippen molar-refractivity contribution >= 4 is 38.4 Å². The molecule has 3 N–H and O–H groups in total. The average Bonchev–Trinajstić information content (AvgIpc) is 2.84. The fraction of sp³-hybridized carbons (Fsp3) is 0.0667. The Morgan fingerprint density at radius 2 is 2.15 bits per heavy atom. The zero-order valence-electron chi connectivity index (χ0n) is 10.8. The first-order valence-electron chi connectivity index (χ1n) is 6.09. The van der Waals surface area contributed by atoms with E-state index in [2.05, 4.69) is 25.9 Å². The summed E-state index contributed by atoms with van der Waals surface area (Å²) in [6.45, 7) is 1.91. The number of H-pyrrole nitrogens is 1. The fourth-order valence-electron chi connectivity index (χ4n) is 2.10. The number of ketones is 1. The van der Waals surface area contributed by atoms with Crippen LogP contribution in [0, 0.1) is 6.92 Å². The molecule has 0 aliphatic rings.